The summed E-state index contributed by atoms with van der Waals surface area (Å²) in [5.74, 6) is 1.25. The third kappa shape index (κ3) is 5.05. The average Bonchev–Trinajstić information content (AvgIpc) is 2.33. The molecule has 0 aromatic rings. The van der Waals surface area contributed by atoms with Crippen molar-refractivity contribution < 1.29 is 9.53 Å². The Morgan fingerprint density at radius 1 is 1.21 bits per heavy atom. The number of hydrogen-bond acceptors (Lipinski definition) is 2. The second-order valence-electron chi connectivity index (χ2n) is 7.39. The molecule has 19 heavy (non-hydrogen) atoms. The van der Waals surface area contributed by atoms with E-state index in [0.29, 0.717) is 11.8 Å². The van der Waals surface area contributed by atoms with E-state index in [4.69, 9.17) is 9.53 Å². The van der Waals surface area contributed by atoms with Gasteiger partial charge in [-0.2, -0.15) is 0 Å². The molecule has 0 bridgehead atoms. The molecule has 1 saturated carbocycles. The molecule has 0 aromatic carbocycles. The van der Waals surface area contributed by atoms with Crippen molar-refractivity contribution in [3.05, 3.63) is 12.2 Å². The summed E-state index contributed by atoms with van der Waals surface area (Å²) in [5, 5.41) is 9.23. The van der Waals surface area contributed by atoms with Crippen molar-refractivity contribution >= 4 is 8.32 Å². The summed E-state index contributed by atoms with van der Waals surface area (Å²) < 4.78 is 6.39. The lowest BCUT2D eigenvalue weighted by molar-refractivity contribution is 0.161. The summed E-state index contributed by atoms with van der Waals surface area (Å²) in [4.78, 5) is 0. The Labute approximate surface area is 120 Å². The van der Waals surface area contributed by atoms with Gasteiger partial charge in [0.05, 0.1) is 6.61 Å². The van der Waals surface area contributed by atoms with Gasteiger partial charge < -0.3 is 9.53 Å². The molecule has 0 unspecified atom stereocenters. The molecule has 1 aliphatic rings. The first-order chi connectivity index (χ1) is 8.78. The summed E-state index contributed by atoms with van der Waals surface area (Å²) in [7, 11) is -1.62. The van der Waals surface area contributed by atoms with Crippen LogP contribution in [-0.2, 0) is 4.43 Å². The molecule has 2 nitrogen and oxygen atoms in total. The van der Waals surface area contributed by atoms with Crippen LogP contribution in [0.5, 0.6) is 0 Å². The molecule has 1 N–H and O–H groups in total. The van der Waals surface area contributed by atoms with Crippen LogP contribution in [0.3, 0.4) is 0 Å². The van der Waals surface area contributed by atoms with E-state index in [-0.39, 0.29) is 11.6 Å². The zero-order valence-electron chi connectivity index (χ0n) is 13.4. The summed E-state index contributed by atoms with van der Waals surface area (Å²) in [5.41, 5.74) is 0. The molecule has 1 aliphatic carbocycles. The topological polar surface area (TPSA) is 29.5 Å². The number of aliphatic hydroxyl groups excluding tert-OH is 1. The second-order valence-corrected chi connectivity index (χ2v) is 12.2. The van der Waals surface area contributed by atoms with E-state index < -0.39 is 8.32 Å². The van der Waals surface area contributed by atoms with Crippen LogP contribution in [0.2, 0.25) is 18.1 Å². The van der Waals surface area contributed by atoms with Gasteiger partial charge in [-0.05, 0) is 42.8 Å². The predicted octanol–water partition coefficient (Wildman–Crippen LogP) is 4.36. The molecule has 0 amide bonds. The van der Waals surface area contributed by atoms with Crippen LogP contribution in [0.1, 0.15) is 46.5 Å². The van der Waals surface area contributed by atoms with Crippen molar-refractivity contribution in [2.24, 2.45) is 11.8 Å². The van der Waals surface area contributed by atoms with E-state index in [1.54, 1.807) is 0 Å². The van der Waals surface area contributed by atoms with Gasteiger partial charge in [-0.1, -0.05) is 45.8 Å². The molecule has 2 atom stereocenters. The molecule has 0 saturated heterocycles. The monoisotopic (exact) mass is 284 g/mol. The number of rotatable bonds is 5. The Hall–Kier alpha value is -0.123. The first-order valence-corrected chi connectivity index (χ1v) is 10.6. The lowest BCUT2D eigenvalue weighted by Crippen LogP contribution is -2.42. The van der Waals surface area contributed by atoms with Crippen molar-refractivity contribution in [1.82, 2.24) is 0 Å². The average molecular weight is 285 g/mol. The van der Waals surface area contributed by atoms with Crippen molar-refractivity contribution in [1.29, 1.82) is 0 Å². The molecule has 0 heterocycles. The van der Waals surface area contributed by atoms with E-state index in [0.717, 1.165) is 6.61 Å². The zero-order chi connectivity index (χ0) is 14.5. The highest BCUT2D eigenvalue weighted by Gasteiger charge is 2.38. The molecular formula is C16H32O2Si. The second kappa shape index (κ2) is 7.05. The predicted molar refractivity (Wildman–Crippen MR) is 84.8 cm³/mol. The van der Waals surface area contributed by atoms with Gasteiger partial charge in [-0.15, -0.1) is 0 Å². The van der Waals surface area contributed by atoms with Gasteiger partial charge >= 0.3 is 0 Å². The first kappa shape index (κ1) is 16.9. The highest BCUT2D eigenvalue weighted by molar-refractivity contribution is 6.74. The number of hydrogen-bond donors (Lipinski definition) is 1. The Kier molecular flexibility index (Phi) is 6.28. The summed E-state index contributed by atoms with van der Waals surface area (Å²) in [6, 6.07) is 0. The van der Waals surface area contributed by atoms with E-state index in [1.807, 2.05) is 6.08 Å². The Morgan fingerprint density at radius 2 is 1.84 bits per heavy atom. The third-order valence-corrected chi connectivity index (χ3v) is 9.42. The van der Waals surface area contributed by atoms with E-state index in [2.05, 4.69) is 39.9 Å². The summed E-state index contributed by atoms with van der Waals surface area (Å²) >= 11 is 0. The first-order valence-electron chi connectivity index (χ1n) is 7.69. The molecule has 0 spiro atoms. The van der Waals surface area contributed by atoms with Crippen LogP contribution in [-0.4, -0.2) is 26.6 Å². The van der Waals surface area contributed by atoms with Gasteiger partial charge in [0.1, 0.15) is 0 Å². The van der Waals surface area contributed by atoms with Crippen LogP contribution in [0, 0.1) is 11.8 Å². The quantitative estimate of drug-likeness (QED) is 0.600. The fourth-order valence-electron chi connectivity index (χ4n) is 2.46. The molecule has 1 rings (SSSR count). The SMILES string of the molecule is CC(C)(C)[Si](C)(C)OC[C@H]1CCCC[C@H]1/C=C/CO. The Morgan fingerprint density at radius 3 is 2.42 bits per heavy atom. The molecule has 0 aliphatic heterocycles. The normalized spacial score (nSPS) is 26.0. The van der Waals surface area contributed by atoms with Crippen molar-refractivity contribution in [2.75, 3.05) is 13.2 Å². The van der Waals surface area contributed by atoms with Gasteiger partial charge in [0.25, 0.3) is 0 Å². The fraction of sp³-hybridized carbons (Fsp3) is 0.875. The molecule has 0 aromatic heterocycles. The van der Waals surface area contributed by atoms with E-state index >= 15 is 0 Å². The Balaban J connectivity index is 2.56. The van der Waals surface area contributed by atoms with Crippen LogP contribution < -0.4 is 0 Å². The standard InChI is InChI=1S/C16H32O2Si/c1-16(2,3)19(4,5)18-13-15-10-7-6-9-14(15)11-8-12-17/h8,11,14-15,17H,6-7,9-10,12-13H2,1-5H3/b11-8+/t14-,15+/m0/s1. The zero-order valence-corrected chi connectivity index (χ0v) is 14.4. The highest BCUT2D eigenvalue weighted by Crippen LogP contribution is 2.38. The van der Waals surface area contributed by atoms with Gasteiger partial charge in [0, 0.05) is 6.61 Å². The van der Waals surface area contributed by atoms with Gasteiger partial charge in [0.2, 0.25) is 0 Å². The van der Waals surface area contributed by atoms with E-state index in [9.17, 15) is 0 Å². The minimum absolute atomic E-state index is 0.159. The fourth-order valence-corrected chi connectivity index (χ4v) is 3.53. The van der Waals surface area contributed by atoms with Gasteiger partial charge in [-0.3, -0.25) is 0 Å². The summed E-state index contributed by atoms with van der Waals surface area (Å²) in [6.07, 6.45) is 9.28. The number of aliphatic hydroxyl groups is 1. The maximum atomic E-state index is 8.94. The minimum Gasteiger partial charge on any atom is -0.417 e. The largest absolute Gasteiger partial charge is 0.417 e. The molecule has 0 radical (unpaired) electrons. The minimum atomic E-state index is -1.62. The Bertz CT molecular complexity index is 292. The number of allylic oxidation sites excluding steroid dienone is 1. The van der Waals surface area contributed by atoms with Crippen LogP contribution in [0.4, 0.5) is 0 Å². The van der Waals surface area contributed by atoms with Crippen molar-refractivity contribution in [2.45, 2.75) is 64.6 Å². The van der Waals surface area contributed by atoms with Gasteiger partial charge in [0.15, 0.2) is 8.32 Å². The molecular weight excluding hydrogens is 252 g/mol. The molecule has 112 valence electrons. The van der Waals surface area contributed by atoms with Gasteiger partial charge in [-0.25, -0.2) is 0 Å². The molecule has 1 fully saturated rings. The highest BCUT2D eigenvalue weighted by atomic mass is 28.4. The maximum Gasteiger partial charge on any atom is 0.191 e. The lowest BCUT2D eigenvalue weighted by atomic mass is 9.79. The maximum absolute atomic E-state index is 8.94. The lowest BCUT2D eigenvalue weighted by Gasteiger charge is -2.39. The molecule has 3 heteroatoms. The van der Waals surface area contributed by atoms with Crippen LogP contribution in [0.25, 0.3) is 0 Å². The van der Waals surface area contributed by atoms with Crippen molar-refractivity contribution in [3.63, 3.8) is 0 Å². The van der Waals surface area contributed by atoms with E-state index in [1.165, 1.54) is 25.7 Å². The smallest absolute Gasteiger partial charge is 0.191 e. The van der Waals surface area contributed by atoms with Crippen molar-refractivity contribution in [3.8, 4) is 0 Å². The summed E-state index contributed by atoms with van der Waals surface area (Å²) in [6.45, 7) is 12.6. The van der Waals surface area contributed by atoms with Crippen LogP contribution >= 0.6 is 0 Å². The third-order valence-electron chi connectivity index (χ3n) is 4.92. The van der Waals surface area contributed by atoms with Crippen LogP contribution in [0.15, 0.2) is 12.2 Å².